The van der Waals surface area contributed by atoms with Crippen molar-refractivity contribution in [2.75, 3.05) is 38.5 Å². The number of piperazine rings is 1. The van der Waals surface area contributed by atoms with E-state index < -0.39 is 0 Å². The number of aromatic nitrogens is 4. The third-order valence-corrected chi connectivity index (χ3v) is 5.82. The van der Waals surface area contributed by atoms with Gasteiger partial charge < -0.3 is 15.2 Å². The number of imidazole rings is 1. The lowest BCUT2D eigenvalue weighted by Crippen LogP contribution is -2.46. The van der Waals surface area contributed by atoms with Crippen LogP contribution < -0.4 is 11.4 Å². The molecule has 3 aromatic rings. The molecule has 8 nitrogen and oxygen atoms in total. The molecule has 0 aliphatic carbocycles. The predicted octanol–water partition coefficient (Wildman–Crippen LogP) is 1.57. The molecule has 154 valence electrons. The van der Waals surface area contributed by atoms with Crippen LogP contribution in [0.2, 0.25) is 5.02 Å². The SMILES string of the molecule is Cn1c(N)c2c(ncn2CCCN2CCN(Cc3ccc(Cl)cc3)CC2)nc1=O. The maximum atomic E-state index is 11.7. The Hall–Kier alpha value is -2.42. The molecule has 0 saturated carbocycles. The van der Waals surface area contributed by atoms with Gasteiger partial charge in [0.1, 0.15) is 11.3 Å². The molecule has 2 aromatic heterocycles. The van der Waals surface area contributed by atoms with Crippen molar-refractivity contribution < 1.29 is 0 Å². The zero-order valence-electron chi connectivity index (χ0n) is 16.6. The molecule has 0 bridgehead atoms. The van der Waals surface area contributed by atoms with Gasteiger partial charge in [0.25, 0.3) is 0 Å². The van der Waals surface area contributed by atoms with Crippen LogP contribution in [0.15, 0.2) is 35.4 Å². The second kappa shape index (κ2) is 8.52. The number of nitrogen functional groups attached to an aromatic ring is 1. The van der Waals surface area contributed by atoms with Crippen LogP contribution >= 0.6 is 11.6 Å². The van der Waals surface area contributed by atoms with Gasteiger partial charge in [0.15, 0.2) is 5.65 Å². The van der Waals surface area contributed by atoms with E-state index in [2.05, 4.69) is 31.9 Å². The summed E-state index contributed by atoms with van der Waals surface area (Å²) < 4.78 is 3.36. The van der Waals surface area contributed by atoms with Gasteiger partial charge >= 0.3 is 5.69 Å². The van der Waals surface area contributed by atoms with E-state index in [0.29, 0.717) is 11.5 Å². The van der Waals surface area contributed by atoms with E-state index in [-0.39, 0.29) is 5.69 Å². The first kappa shape index (κ1) is 19.9. The fourth-order valence-corrected chi connectivity index (χ4v) is 3.92. The number of anilines is 1. The Labute approximate surface area is 174 Å². The highest BCUT2D eigenvalue weighted by atomic mass is 35.5. The zero-order valence-corrected chi connectivity index (χ0v) is 17.3. The van der Waals surface area contributed by atoms with Gasteiger partial charge in [-0.1, -0.05) is 23.7 Å². The number of halogens is 1. The number of aryl methyl sites for hydroxylation is 1. The van der Waals surface area contributed by atoms with Crippen molar-refractivity contribution in [1.29, 1.82) is 0 Å². The second-order valence-corrected chi connectivity index (χ2v) is 7.98. The highest BCUT2D eigenvalue weighted by Crippen LogP contribution is 2.17. The minimum Gasteiger partial charge on any atom is -0.383 e. The smallest absolute Gasteiger partial charge is 0.351 e. The lowest BCUT2D eigenvalue weighted by molar-refractivity contribution is 0.125. The normalized spacial score (nSPS) is 15.9. The molecular weight excluding hydrogens is 390 g/mol. The van der Waals surface area contributed by atoms with E-state index in [4.69, 9.17) is 17.3 Å². The number of rotatable bonds is 6. The minimum absolute atomic E-state index is 0.378. The second-order valence-electron chi connectivity index (χ2n) is 7.55. The Bertz CT molecular complexity index is 1040. The van der Waals surface area contributed by atoms with Crippen LogP contribution in [-0.4, -0.2) is 61.6 Å². The average molecular weight is 416 g/mol. The van der Waals surface area contributed by atoms with Crippen LogP contribution in [0.1, 0.15) is 12.0 Å². The summed E-state index contributed by atoms with van der Waals surface area (Å²) in [6.07, 6.45) is 2.71. The van der Waals surface area contributed by atoms with Gasteiger partial charge in [-0.15, -0.1) is 0 Å². The van der Waals surface area contributed by atoms with Crippen LogP contribution in [0.4, 0.5) is 5.82 Å². The summed E-state index contributed by atoms with van der Waals surface area (Å²) in [6.45, 7) is 7.05. The summed E-state index contributed by atoms with van der Waals surface area (Å²) in [7, 11) is 1.63. The molecule has 1 aliphatic heterocycles. The Balaban J connectivity index is 1.27. The van der Waals surface area contributed by atoms with Crippen LogP contribution in [-0.2, 0) is 20.1 Å². The summed E-state index contributed by atoms with van der Waals surface area (Å²) in [6, 6.07) is 8.10. The monoisotopic (exact) mass is 415 g/mol. The highest BCUT2D eigenvalue weighted by Gasteiger charge is 2.17. The number of hydrogen-bond acceptors (Lipinski definition) is 6. The number of fused-ring (bicyclic) bond motifs is 1. The number of hydrogen-bond donors (Lipinski definition) is 1. The predicted molar refractivity (Wildman–Crippen MR) is 115 cm³/mol. The topological polar surface area (TPSA) is 85.2 Å². The molecule has 2 N–H and O–H groups in total. The summed E-state index contributed by atoms with van der Waals surface area (Å²) in [5, 5.41) is 0.781. The molecule has 4 rings (SSSR count). The van der Waals surface area contributed by atoms with Crippen molar-refractivity contribution in [1.82, 2.24) is 28.9 Å². The highest BCUT2D eigenvalue weighted by molar-refractivity contribution is 6.30. The summed E-state index contributed by atoms with van der Waals surface area (Å²) in [5.41, 5.74) is 8.18. The zero-order chi connectivity index (χ0) is 20.4. The molecule has 0 unspecified atom stereocenters. The third-order valence-electron chi connectivity index (χ3n) is 5.57. The van der Waals surface area contributed by atoms with Crippen LogP contribution in [0.5, 0.6) is 0 Å². The average Bonchev–Trinajstić information content (AvgIpc) is 3.12. The van der Waals surface area contributed by atoms with Gasteiger partial charge in [0, 0.05) is 51.3 Å². The van der Waals surface area contributed by atoms with E-state index >= 15 is 0 Å². The molecule has 9 heteroatoms. The van der Waals surface area contributed by atoms with Gasteiger partial charge in [-0.25, -0.2) is 9.78 Å². The van der Waals surface area contributed by atoms with Gasteiger partial charge in [-0.05, 0) is 30.7 Å². The lowest BCUT2D eigenvalue weighted by atomic mass is 10.2. The van der Waals surface area contributed by atoms with Gasteiger partial charge in [0.05, 0.1) is 6.33 Å². The van der Waals surface area contributed by atoms with Crippen LogP contribution in [0.25, 0.3) is 11.2 Å². The largest absolute Gasteiger partial charge is 0.383 e. The molecule has 1 fully saturated rings. The molecule has 1 aliphatic rings. The van der Waals surface area contributed by atoms with Crippen molar-refractivity contribution in [3.05, 3.63) is 51.7 Å². The maximum Gasteiger partial charge on any atom is 0.351 e. The summed E-state index contributed by atoms with van der Waals surface area (Å²) in [4.78, 5) is 24.9. The fourth-order valence-electron chi connectivity index (χ4n) is 3.80. The number of nitrogens with two attached hydrogens (primary N) is 1. The first-order chi connectivity index (χ1) is 14.0. The number of benzene rings is 1. The quantitative estimate of drug-likeness (QED) is 0.657. The van der Waals surface area contributed by atoms with Crippen molar-refractivity contribution in [3.63, 3.8) is 0 Å². The van der Waals surface area contributed by atoms with Crippen LogP contribution in [0.3, 0.4) is 0 Å². The van der Waals surface area contributed by atoms with E-state index in [1.165, 1.54) is 10.1 Å². The van der Waals surface area contributed by atoms with Crippen molar-refractivity contribution in [2.24, 2.45) is 7.05 Å². The molecule has 1 aromatic carbocycles. The van der Waals surface area contributed by atoms with E-state index in [0.717, 1.165) is 62.8 Å². The Morgan fingerprint density at radius 2 is 1.76 bits per heavy atom. The minimum atomic E-state index is -0.378. The number of nitrogens with zero attached hydrogens (tertiary/aromatic N) is 6. The van der Waals surface area contributed by atoms with Crippen molar-refractivity contribution >= 4 is 28.6 Å². The molecule has 0 atom stereocenters. The summed E-state index contributed by atoms with van der Waals surface area (Å²) >= 11 is 5.96. The van der Waals surface area contributed by atoms with Crippen molar-refractivity contribution in [3.8, 4) is 0 Å². The molecule has 0 spiro atoms. The lowest BCUT2D eigenvalue weighted by Gasteiger charge is -2.34. The maximum absolute atomic E-state index is 11.7. The van der Waals surface area contributed by atoms with E-state index in [1.54, 1.807) is 13.4 Å². The molecule has 0 amide bonds. The molecule has 3 heterocycles. The van der Waals surface area contributed by atoms with Gasteiger partial charge in [-0.3, -0.25) is 9.47 Å². The summed E-state index contributed by atoms with van der Waals surface area (Å²) in [5.74, 6) is 0.410. The third kappa shape index (κ3) is 4.44. The van der Waals surface area contributed by atoms with Gasteiger partial charge in [-0.2, -0.15) is 4.98 Å². The first-order valence-electron chi connectivity index (χ1n) is 9.88. The Kier molecular flexibility index (Phi) is 5.84. The van der Waals surface area contributed by atoms with E-state index in [1.807, 2.05) is 16.7 Å². The molecular formula is C20H26ClN7O. The molecule has 0 radical (unpaired) electrons. The molecule has 1 saturated heterocycles. The van der Waals surface area contributed by atoms with Crippen molar-refractivity contribution in [2.45, 2.75) is 19.5 Å². The van der Waals surface area contributed by atoms with Gasteiger partial charge in [0.2, 0.25) is 0 Å². The standard InChI is InChI=1S/C20H26ClN7O/c1-25-18(22)17-19(24-20(25)29)23-14-28(17)8-2-7-26-9-11-27(12-10-26)13-15-3-5-16(21)6-4-15/h3-6,14H,2,7-13,22H2,1H3. The Morgan fingerprint density at radius 3 is 2.48 bits per heavy atom. The van der Waals surface area contributed by atoms with Crippen LogP contribution in [0, 0.1) is 0 Å². The molecule has 29 heavy (non-hydrogen) atoms. The fraction of sp³-hybridized carbons (Fsp3) is 0.450. The Morgan fingerprint density at radius 1 is 1.07 bits per heavy atom. The first-order valence-corrected chi connectivity index (χ1v) is 10.3. The van der Waals surface area contributed by atoms with E-state index in [9.17, 15) is 4.79 Å².